The van der Waals surface area contributed by atoms with Crippen LogP contribution < -0.4 is 11.1 Å². The van der Waals surface area contributed by atoms with Gasteiger partial charge in [0, 0.05) is 24.8 Å². The van der Waals surface area contributed by atoms with Gasteiger partial charge in [-0.05, 0) is 18.1 Å². The zero-order chi connectivity index (χ0) is 16.4. The highest BCUT2D eigenvalue weighted by molar-refractivity contribution is 14.0. The van der Waals surface area contributed by atoms with Crippen LogP contribution in [0.4, 0.5) is 5.69 Å². The standard InChI is InChI=1S/C18H28N4.HI/c1-5-12-22(13-6-2)17(15(3)4)14-20-18(19)21-16-10-8-7-9-11-16;/h5-11,15,17H,1-2,12-14H2,3-4H3,(H3,19,20,21);1H. The Morgan fingerprint density at radius 2 is 1.78 bits per heavy atom. The minimum absolute atomic E-state index is 0. The van der Waals surface area contributed by atoms with E-state index >= 15 is 0 Å². The average Bonchev–Trinajstić information content (AvgIpc) is 2.48. The summed E-state index contributed by atoms with van der Waals surface area (Å²) in [5, 5.41) is 3.11. The third-order valence-electron chi connectivity index (χ3n) is 3.46. The third kappa shape index (κ3) is 8.18. The normalized spacial score (nSPS) is 12.6. The first-order valence-corrected chi connectivity index (χ1v) is 7.66. The van der Waals surface area contributed by atoms with Gasteiger partial charge in [0.1, 0.15) is 0 Å². The lowest BCUT2D eigenvalue weighted by molar-refractivity contribution is 0.196. The van der Waals surface area contributed by atoms with Gasteiger partial charge >= 0.3 is 0 Å². The summed E-state index contributed by atoms with van der Waals surface area (Å²) in [5.74, 6) is 0.905. The highest BCUT2D eigenvalue weighted by Gasteiger charge is 2.19. The number of para-hydroxylation sites is 1. The number of aliphatic imine (C=N–C) groups is 1. The lowest BCUT2D eigenvalue weighted by Gasteiger charge is -2.31. The highest BCUT2D eigenvalue weighted by atomic mass is 127. The molecule has 0 amide bonds. The summed E-state index contributed by atoms with van der Waals surface area (Å²) in [7, 11) is 0. The molecule has 128 valence electrons. The van der Waals surface area contributed by atoms with Crippen molar-refractivity contribution in [3.63, 3.8) is 0 Å². The van der Waals surface area contributed by atoms with Crippen LogP contribution in [0.3, 0.4) is 0 Å². The number of nitrogens with one attached hydrogen (secondary N) is 1. The number of hydrogen-bond donors (Lipinski definition) is 2. The van der Waals surface area contributed by atoms with Crippen molar-refractivity contribution in [3.8, 4) is 0 Å². The monoisotopic (exact) mass is 428 g/mol. The van der Waals surface area contributed by atoms with Crippen molar-refractivity contribution >= 4 is 35.6 Å². The fourth-order valence-corrected chi connectivity index (χ4v) is 2.33. The second-order valence-corrected chi connectivity index (χ2v) is 5.56. The summed E-state index contributed by atoms with van der Waals surface area (Å²) >= 11 is 0. The van der Waals surface area contributed by atoms with Crippen LogP contribution in [0.1, 0.15) is 13.8 Å². The Labute approximate surface area is 157 Å². The van der Waals surface area contributed by atoms with E-state index in [0.29, 0.717) is 24.5 Å². The Morgan fingerprint density at radius 1 is 1.22 bits per heavy atom. The minimum Gasteiger partial charge on any atom is -0.370 e. The predicted octanol–water partition coefficient (Wildman–Crippen LogP) is 3.73. The molecule has 3 N–H and O–H groups in total. The van der Waals surface area contributed by atoms with Gasteiger partial charge in [0.2, 0.25) is 0 Å². The Morgan fingerprint density at radius 3 is 2.26 bits per heavy atom. The topological polar surface area (TPSA) is 53.6 Å². The van der Waals surface area contributed by atoms with Crippen molar-refractivity contribution in [2.75, 3.05) is 25.0 Å². The first-order chi connectivity index (χ1) is 10.6. The highest BCUT2D eigenvalue weighted by Crippen LogP contribution is 2.12. The zero-order valence-corrected chi connectivity index (χ0v) is 16.4. The maximum absolute atomic E-state index is 5.98. The molecule has 1 unspecified atom stereocenters. The number of rotatable bonds is 9. The number of nitrogens with zero attached hydrogens (tertiary/aromatic N) is 2. The van der Waals surface area contributed by atoms with Crippen molar-refractivity contribution in [2.24, 2.45) is 16.6 Å². The molecule has 4 nitrogen and oxygen atoms in total. The summed E-state index contributed by atoms with van der Waals surface area (Å²) < 4.78 is 0. The number of halogens is 1. The zero-order valence-electron chi connectivity index (χ0n) is 14.1. The molecule has 0 aliphatic rings. The average molecular weight is 428 g/mol. The van der Waals surface area contributed by atoms with Gasteiger partial charge in [-0.2, -0.15) is 0 Å². The number of hydrogen-bond acceptors (Lipinski definition) is 2. The number of benzene rings is 1. The molecule has 0 radical (unpaired) electrons. The van der Waals surface area contributed by atoms with Crippen molar-refractivity contribution in [1.82, 2.24) is 4.90 Å². The second kappa shape index (κ2) is 12.1. The molecule has 0 bridgehead atoms. The van der Waals surface area contributed by atoms with Crippen LogP contribution in [0.25, 0.3) is 0 Å². The van der Waals surface area contributed by atoms with Crippen molar-refractivity contribution in [2.45, 2.75) is 19.9 Å². The molecule has 0 heterocycles. The first-order valence-electron chi connectivity index (χ1n) is 7.66. The first kappa shape index (κ1) is 21.7. The van der Waals surface area contributed by atoms with Gasteiger partial charge in [-0.25, -0.2) is 0 Å². The molecule has 0 saturated heterocycles. The van der Waals surface area contributed by atoms with Gasteiger partial charge in [0.15, 0.2) is 5.96 Å². The maximum Gasteiger partial charge on any atom is 0.193 e. The van der Waals surface area contributed by atoms with Gasteiger partial charge in [-0.3, -0.25) is 9.89 Å². The van der Waals surface area contributed by atoms with E-state index in [4.69, 9.17) is 5.73 Å². The molecule has 0 aliphatic carbocycles. The van der Waals surface area contributed by atoms with Crippen LogP contribution in [-0.4, -0.2) is 36.5 Å². The molecular formula is C18H29IN4. The largest absolute Gasteiger partial charge is 0.370 e. The van der Waals surface area contributed by atoms with E-state index in [9.17, 15) is 0 Å². The molecule has 1 rings (SSSR count). The van der Waals surface area contributed by atoms with Gasteiger partial charge in [0.25, 0.3) is 0 Å². The minimum atomic E-state index is 0. The summed E-state index contributed by atoms with van der Waals surface area (Å²) in [4.78, 5) is 6.81. The van der Waals surface area contributed by atoms with Crippen molar-refractivity contribution in [3.05, 3.63) is 55.6 Å². The molecule has 0 spiro atoms. The van der Waals surface area contributed by atoms with Gasteiger partial charge in [0.05, 0.1) is 6.54 Å². The van der Waals surface area contributed by atoms with Gasteiger partial charge < -0.3 is 11.1 Å². The molecule has 5 heteroatoms. The van der Waals surface area contributed by atoms with Crippen LogP contribution >= 0.6 is 24.0 Å². The van der Waals surface area contributed by atoms with E-state index in [-0.39, 0.29) is 24.0 Å². The summed E-state index contributed by atoms with van der Waals surface area (Å²) in [6.45, 7) is 14.3. The molecule has 1 aromatic carbocycles. The van der Waals surface area contributed by atoms with E-state index in [1.54, 1.807) is 0 Å². The molecule has 0 saturated carbocycles. The van der Waals surface area contributed by atoms with Crippen molar-refractivity contribution in [1.29, 1.82) is 0 Å². The van der Waals surface area contributed by atoms with E-state index in [1.807, 2.05) is 42.5 Å². The van der Waals surface area contributed by atoms with E-state index in [1.165, 1.54) is 0 Å². The quantitative estimate of drug-likeness (QED) is 0.273. The number of anilines is 1. The fraction of sp³-hybridized carbons (Fsp3) is 0.389. The lowest BCUT2D eigenvalue weighted by Crippen LogP contribution is -2.42. The van der Waals surface area contributed by atoms with Crippen LogP contribution in [0.15, 0.2) is 60.6 Å². The summed E-state index contributed by atoms with van der Waals surface area (Å²) in [6.07, 6.45) is 3.82. The Kier molecular flexibility index (Phi) is 11.4. The van der Waals surface area contributed by atoms with Crippen LogP contribution in [0, 0.1) is 5.92 Å². The molecular weight excluding hydrogens is 399 g/mol. The molecule has 0 fully saturated rings. The van der Waals surface area contributed by atoms with E-state index in [0.717, 1.165) is 18.8 Å². The number of nitrogens with two attached hydrogens (primary N) is 1. The summed E-state index contributed by atoms with van der Waals surface area (Å²) in [6, 6.07) is 10.1. The Hall–Kier alpha value is -1.34. The fourth-order valence-electron chi connectivity index (χ4n) is 2.33. The summed E-state index contributed by atoms with van der Waals surface area (Å²) in [5.41, 5.74) is 6.93. The van der Waals surface area contributed by atoms with Crippen LogP contribution in [0.5, 0.6) is 0 Å². The molecule has 0 aromatic heterocycles. The predicted molar refractivity (Wildman–Crippen MR) is 113 cm³/mol. The molecule has 1 atom stereocenters. The maximum atomic E-state index is 5.98. The SMILES string of the molecule is C=CCN(CC=C)C(CN=C(N)Nc1ccccc1)C(C)C.I. The number of guanidine groups is 1. The van der Waals surface area contributed by atoms with E-state index < -0.39 is 0 Å². The van der Waals surface area contributed by atoms with Crippen LogP contribution in [-0.2, 0) is 0 Å². The second-order valence-electron chi connectivity index (χ2n) is 5.56. The van der Waals surface area contributed by atoms with Crippen molar-refractivity contribution < 1.29 is 0 Å². The van der Waals surface area contributed by atoms with Gasteiger partial charge in [-0.1, -0.05) is 44.2 Å². The lowest BCUT2D eigenvalue weighted by atomic mass is 10.0. The smallest absolute Gasteiger partial charge is 0.193 e. The molecule has 23 heavy (non-hydrogen) atoms. The van der Waals surface area contributed by atoms with Gasteiger partial charge in [-0.15, -0.1) is 37.1 Å². The van der Waals surface area contributed by atoms with Crippen LogP contribution in [0.2, 0.25) is 0 Å². The Bertz CT molecular complexity index is 475. The Balaban J connectivity index is 0.00000484. The molecule has 1 aromatic rings. The van der Waals surface area contributed by atoms with E-state index in [2.05, 4.69) is 42.2 Å². The third-order valence-corrected chi connectivity index (χ3v) is 3.46. The molecule has 0 aliphatic heterocycles.